The lowest BCUT2D eigenvalue weighted by atomic mass is 9.78. The Labute approximate surface area is 128 Å². The van der Waals surface area contributed by atoms with Gasteiger partial charge in [0.2, 0.25) is 0 Å². The average molecular weight is 315 g/mol. The first-order chi connectivity index (χ1) is 9.99. The molecule has 1 aliphatic rings. The Morgan fingerprint density at radius 2 is 2.33 bits per heavy atom. The molecular weight excluding hydrogens is 295 g/mol. The molecule has 2 N–H and O–H groups in total. The fourth-order valence-electron chi connectivity index (χ4n) is 2.70. The highest BCUT2D eigenvalue weighted by Crippen LogP contribution is 2.33. The third-order valence-electron chi connectivity index (χ3n) is 4.20. The molecule has 2 amide bonds. The van der Waals surface area contributed by atoms with Gasteiger partial charge in [-0.15, -0.1) is 0 Å². The molecule has 1 unspecified atom stereocenters. The molecule has 4 nitrogen and oxygen atoms in total. The van der Waals surface area contributed by atoms with E-state index in [9.17, 15) is 14.3 Å². The van der Waals surface area contributed by atoms with Crippen molar-refractivity contribution in [2.75, 3.05) is 25.0 Å². The molecule has 0 radical (unpaired) electrons. The molecule has 1 fully saturated rings. The minimum Gasteiger partial charge on any atom is -0.396 e. The average Bonchev–Trinajstić information content (AvgIpc) is 2.51. The molecule has 1 aromatic rings. The number of carbonyl (C=O) groups excluding carboxylic acids is 1. The smallest absolute Gasteiger partial charge is 0.321 e. The van der Waals surface area contributed by atoms with E-state index in [0.29, 0.717) is 18.1 Å². The third kappa shape index (κ3) is 3.66. The molecule has 21 heavy (non-hydrogen) atoms. The van der Waals surface area contributed by atoms with Gasteiger partial charge in [0.25, 0.3) is 0 Å². The van der Waals surface area contributed by atoms with Gasteiger partial charge < -0.3 is 15.3 Å². The molecule has 1 saturated heterocycles. The molecule has 1 aliphatic heterocycles. The summed E-state index contributed by atoms with van der Waals surface area (Å²) < 4.78 is 13.2. The maximum Gasteiger partial charge on any atom is 0.321 e. The van der Waals surface area contributed by atoms with Crippen LogP contribution in [0.1, 0.15) is 26.2 Å². The number of piperidine rings is 1. The Balaban J connectivity index is 2.08. The molecule has 1 heterocycles. The lowest BCUT2D eigenvalue weighted by Crippen LogP contribution is -2.49. The van der Waals surface area contributed by atoms with Gasteiger partial charge in [0, 0.05) is 18.5 Å². The predicted molar refractivity (Wildman–Crippen MR) is 81.0 cm³/mol. The number of urea groups is 1. The monoisotopic (exact) mass is 314 g/mol. The maximum atomic E-state index is 13.2. The molecule has 0 spiro atoms. The van der Waals surface area contributed by atoms with E-state index in [2.05, 4.69) is 5.32 Å². The zero-order valence-corrected chi connectivity index (χ0v) is 12.8. The number of hydrogen-bond donors (Lipinski definition) is 2. The van der Waals surface area contributed by atoms with E-state index in [4.69, 9.17) is 11.6 Å². The van der Waals surface area contributed by atoms with E-state index < -0.39 is 5.82 Å². The molecule has 116 valence electrons. The SMILES string of the molecule is CCC1(CO)CCCN(C(=O)Nc2cc(F)ccc2Cl)C1. The highest BCUT2D eigenvalue weighted by Gasteiger charge is 2.35. The van der Waals surface area contributed by atoms with Crippen molar-refractivity contribution < 1.29 is 14.3 Å². The van der Waals surface area contributed by atoms with Gasteiger partial charge in [0.05, 0.1) is 17.3 Å². The van der Waals surface area contributed by atoms with E-state index in [1.165, 1.54) is 18.2 Å². The van der Waals surface area contributed by atoms with Crippen LogP contribution in [0.4, 0.5) is 14.9 Å². The van der Waals surface area contributed by atoms with Crippen molar-refractivity contribution in [3.8, 4) is 0 Å². The number of rotatable bonds is 3. The molecule has 1 atom stereocenters. The van der Waals surface area contributed by atoms with E-state index in [0.717, 1.165) is 19.3 Å². The van der Waals surface area contributed by atoms with Crippen molar-refractivity contribution in [3.05, 3.63) is 29.0 Å². The second-order valence-electron chi connectivity index (χ2n) is 5.59. The van der Waals surface area contributed by atoms with Gasteiger partial charge in [-0.25, -0.2) is 9.18 Å². The van der Waals surface area contributed by atoms with Crippen LogP contribution >= 0.6 is 11.6 Å². The fraction of sp³-hybridized carbons (Fsp3) is 0.533. The molecule has 6 heteroatoms. The van der Waals surface area contributed by atoms with Crippen LogP contribution in [0.25, 0.3) is 0 Å². The van der Waals surface area contributed by atoms with Gasteiger partial charge in [-0.3, -0.25) is 0 Å². The van der Waals surface area contributed by atoms with Crippen LogP contribution in [-0.2, 0) is 0 Å². The number of carbonyl (C=O) groups is 1. The molecular formula is C15H20ClFN2O2. The van der Waals surface area contributed by atoms with Crippen molar-refractivity contribution >= 4 is 23.3 Å². The molecule has 1 aromatic carbocycles. The van der Waals surface area contributed by atoms with E-state index in [1.54, 1.807) is 4.90 Å². The van der Waals surface area contributed by atoms with Crippen molar-refractivity contribution in [2.45, 2.75) is 26.2 Å². The summed E-state index contributed by atoms with van der Waals surface area (Å²) in [6.07, 6.45) is 2.57. The topological polar surface area (TPSA) is 52.6 Å². The van der Waals surface area contributed by atoms with Crippen molar-refractivity contribution in [2.24, 2.45) is 5.41 Å². The Morgan fingerprint density at radius 3 is 3.00 bits per heavy atom. The van der Waals surface area contributed by atoms with Gasteiger partial charge in [0.1, 0.15) is 5.82 Å². The van der Waals surface area contributed by atoms with Gasteiger partial charge in [-0.1, -0.05) is 18.5 Å². The highest BCUT2D eigenvalue weighted by atomic mass is 35.5. The second kappa shape index (κ2) is 6.62. The number of aliphatic hydroxyl groups excluding tert-OH is 1. The lowest BCUT2D eigenvalue weighted by molar-refractivity contribution is 0.0468. The van der Waals surface area contributed by atoms with E-state index in [-0.39, 0.29) is 23.7 Å². The summed E-state index contributed by atoms with van der Waals surface area (Å²) >= 11 is 5.95. The third-order valence-corrected chi connectivity index (χ3v) is 4.53. The number of halogens is 2. The first kappa shape index (κ1) is 16.0. The number of anilines is 1. The summed E-state index contributed by atoms with van der Waals surface area (Å²) in [6, 6.07) is 3.54. The van der Waals surface area contributed by atoms with Crippen LogP contribution in [0.2, 0.25) is 5.02 Å². The standard InChI is InChI=1S/C15H20ClFN2O2/c1-2-15(10-20)6-3-7-19(9-15)14(21)18-13-8-11(17)4-5-12(13)16/h4-5,8,20H,2-3,6-7,9-10H2,1H3,(H,18,21). The summed E-state index contributed by atoms with van der Waals surface area (Å²) in [5, 5.41) is 12.5. The first-order valence-electron chi connectivity index (χ1n) is 7.11. The summed E-state index contributed by atoms with van der Waals surface area (Å²) in [5.41, 5.74) is 0.0276. The Bertz CT molecular complexity index is 520. The van der Waals surface area contributed by atoms with Crippen molar-refractivity contribution in [1.82, 2.24) is 4.90 Å². The van der Waals surface area contributed by atoms with Gasteiger partial charge in [-0.05, 0) is 37.5 Å². The number of nitrogens with zero attached hydrogens (tertiary/aromatic N) is 1. The fourth-order valence-corrected chi connectivity index (χ4v) is 2.86. The molecule has 0 aliphatic carbocycles. The number of nitrogens with one attached hydrogen (secondary N) is 1. The van der Waals surface area contributed by atoms with Crippen molar-refractivity contribution in [3.63, 3.8) is 0 Å². The van der Waals surface area contributed by atoms with Gasteiger partial charge in [-0.2, -0.15) is 0 Å². The van der Waals surface area contributed by atoms with Crippen LogP contribution in [0, 0.1) is 11.2 Å². The molecule has 0 saturated carbocycles. The predicted octanol–water partition coefficient (Wildman–Crippen LogP) is 3.50. The summed E-state index contributed by atoms with van der Waals surface area (Å²) in [5.74, 6) is -0.452. The van der Waals surface area contributed by atoms with Gasteiger partial charge in [0.15, 0.2) is 0 Å². The minimum absolute atomic E-state index is 0.0635. The summed E-state index contributed by atoms with van der Waals surface area (Å²) in [6.45, 7) is 3.20. The zero-order valence-electron chi connectivity index (χ0n) is 12.0. The van der Waals surface area contributed by atoms with Crippen LogP contribution in [0.5, 0.6) is 0 Å². The largest absolute Gasteiger partial charge is 0.396 e. The maximum absolute atomic E-state index is 13.2. The van der Waals surface area contributed by atoms with Crippen molar-refractivity contribution in [1.29, 1.82) is 0 Å². The summed E-state index contributed by atoms with van der Waals surface area (Å²) in [7, 11) is 0. The van der Waals surface area contributed by atoms with E-state index in [1.807, 2.05) is 6.92 Å². The summed E-state index contributed by atoms with van der Waals surface area (Å²) in [4.78, 5) is 14.0. The Hall–Kier alpha value is -1.33. The molecule has 0 bridgehead atoms. The second-order valence-corrected chi connectivity index (χ2v) is 6.00. The number of hydrogen-bond acceptors (Lipinski definition) is 2. The minimum atomic E-state index is -0.452. The zero-order chi connectivity index (χ0) is 15.5. The Morgan fingerprint density at radius 1 is 1.57 bits per heavy atom. The van der Waals surface area contributed by atoms with Crippen LogP contribution in [-0.4, -0.2) is 35.7 Å². The van der Waals surface area contributed by atoms with Crippen LogP contribution in [0.15, 0.2) is 18.2 Å². The molecule has 0 aromatic heterocycles. The van der Waals surface area contributed by atoms with Gasteiger partial charge >= 0.3 is 6.03 Å². The number of aliphatic hydroxyl groups is 1. The molecule has 2 rings (SSSR count). The van der Waals surface area contributed by atoms with Crippen LogP contribution < -0.4 is 5.32 Å². The lowest BCUT2D eigenvalue weighted by Gasteiger charge is -2.41. The first-order valence-corrected chi connectivity index (χ1v) is 7.49. The number of amides is 2. The van der Waals surface area contributed by atoms with E-state index >= 15 is 0 Å². The quantitative estimate of drug-likeness (QED) is 0.897. The Kier molecular flexibility index (Phi) is 5.06. The van der Waals surface area contributed by atoms with Crippen LogP contribution in [0.3, 0.4) is 0 Å². The number of benzene rings is 1. The normalized spacial score (nSPS) is 22.2. The highest BCUT2D eigenvalue weighted by molar-refractivity contribution is 6.33. The number of likely N-dealkylation sites (tertiary alicyclic amines) is 1.